The molecule has 0 radical (unpaired) electrons. The van der Waals surface area contributed by atoms with Crippen LogP contribution in [0.5, 0.6) is 0 Å². The Morgan fingerprint density at radius 1 is 1.06 bits per heavy atom. The minimum atomic E-state index is -0.0954. The van der Waals surface area contributed by atoms with Gasteiger partial charge in [-0.05, 0) is 62.1 Å². The minimum Gasteiger partial charge on any atom is -0.444 e. The molecule has 5 rings (SSSR count). The van der Waals surface area contributed by atoms with Crippen molar-refractivity contribution in [3.63, 3.8) is 0 Å². The van der Waals surface area contributed by atoms with E-state index < -0.39 is 0 Å². The van der Waals surface area contributed by atoms with Crippen LogP contribution in [0, 0.1) is 0 Å². The van der Waals surface area contributed by atoms with E-state index in [4.69, 9.17) is 9.41 Å². The maximum absolute atomic E-state index is 12.7. The Morgan fingerprint density at radius 3 is 2.69 bits per heavy atom. The summed E-state index contributed by atoms with van der Waals surface area (Å²) in [6, 6.07) is 17.6. The van der Waals surface area contributed by atoms with Crippen LogP contribution in [-0.4, -0.2) is 40.2 Å². The van der Waals surface area contributed by atoms with Crippen LogP contribution in [0.1, 0.15) is 17.7 Å². The number of oxazole rings is 1. The van der Waals surface area contributed by atoms with Gasteiger partial charge in [-0.1, -0.05) is 12.1 Å². The van der Waals surface area contributed by atoms with Crippen molar-refractivity contribution in [2.75, 3.05) is 19.4 Å². The van der Waals surface area contributed by atoms with Gasteiger partial charge in [-0.15, -0.1) is 0 Å². The minimum absolute atomic E-state index is 0.0954. The SMILES string of the molecule is CN(C)Cc1coc(-c2cccc(C3=Nc4ccc(-n5cccc5)cc4NC(=O)C3)c2)n1. The molecule has 1 aliphatic heterocycles. The number of amides is 1. The van der Waals surface area contributed by atoms with Gasteiger partial charge in [0.2, 0.25) is 11.8 Å². The van der Waals surface area contributed by atoms with Gasteiger partial charge < -0.3 is 19.2 Å². The summed E-state index contributed by atoms with van der Waals surface area (Å²) in [6.07, 6.45) is 5.80. The van der Waals surface area contributed by atoms with Crippen molar-refractivity contribution >= 4 is 23.0 Å². The molecule has 7 nitrogen and oxygen atoms in total. The van der Waals surface area contributed by atoms with Gasteiger partial charge >= 0.3 is 0 Å². The van der Waals surface area contributed by atoms with E-state index in [1.165, 1.54) is 0 Å². The topological polar surface area (TPSA) is 75.7 Å². The van der Waals surface area contributed by atoms with Crippen molar-refractivity contribution in [2.45, 2.75) is 13.0 Å². The normalized spacial score (nSPS) is 13.5. The molecule has 0 unspecified atom stereocenters. The quantitative estimate of drug-likeness (QED) is 0.505. The zero-order valence-electron chi connectivity index (χ0n) is 17.9. The Labute approximate surface area is 186 Å². The summed E-state index contributed by atoms with van der Waals surface area (Å²) < 4.78 is 7.68. The van der Waals surface area contributed by atoms with Crippen LogP contribution in [0.2, 0.25) is 0 Å². The fourth-order valence-electron chi connectivity index (χ4n) is 3.75. The highest BCUT2D eigenvalue weighted by molar-refractivity contribution is 6.17. The van der Waals surface area contributed by atoms with Crippen LogP contribution >= 0.6 is 0 Å². The molecule has 1 N–H and O–H groups in total. The second kappa shape index (κ2) is 8.28. The van der Waals surface area contributed by atoms with Gasteiger partial charge in [0.15, 0.2) is 0 Å². The number of aromatic nitrogens is 2. The van der Waals surface area contributed by atoms with Gasteiger partial charge in [-0.25, -0.2) is 4.98 Å². The van der Waals surface area contributed by atoms with Crippen LogP contribution in [-0.2, 0) is 11.3 Å². The lowest BCUT2D eigenvalue weighted by atomic mass is 10.0. The lowest BCUT2D eigenvalue weighted by Crippen LogP contribution is -2.15. The van der Waals surface area contributed by atoms with Crippen LogP contribution in [0.15, 0.2) is 82.7 Å². The molecule has 0 atom stereocenters. The van der Waals surface area contributed by atoms with Crippen molar-refractivity contribution in [3.05, 3.63) is 84.5 Å². The van der Waals surface area contributed by atoms with Crippen LogP contribution in [0.3, 0.4) is 0 Å². The summed E-state index contributed by atoms with van der Waals surface area (Å²) in [6.45, 7) is 0.706. The number of nitrogens with zero attached hydrogens (tertiary/aromatic N) is 4. The molecular formula is C25H23N5O2. The average Bonchev–Trinajstić information content (AvgIpc) is 3.43. The lowest BCUT2D eigenvalue weighted by molar-refractivity contribution is -0.115. The number of nitrogens with one attached hydrogen (secondary N) is 1. The maximum Gasteiger partial charge on any atom is 0.230 e. The van der Waals surface area contributed by atoms with Gasteiger partial charge in [-0.3, -0.25) is 9.79 Å². The van der Waals surface area contributed by atoms with Crippen molar-refractivity contribution in [2.24, 2.45) is 4.99 Å². The molecule has 0 aliphatic carbocycles. The van der Waals surface area contributed by atoms with E-state index in [-0.39, 0.29) is 12.3 Å². The predicted molar refractivity (Wildman–Crippen MR) is 125 cm³/mol. The van der Waals surface area contributed by atoms with Crippen molar-refractivity contribution in [3.8, 4) is 17.1 Å². The van der Waals surface area contributed by atoms with E-state index in [9.17, 15) is 4.79 Å². The summed E-state index contributed by atoms with van der Waals surface area (Å²) in [4.78, 5) is 24.1. The van der Waals surface area contributed by atoms with Gasteiger partial charge in [-0.2, -0.15) is 0 Å². The lowest BCUT2D eigenvalue weighted by Gasteiger charge is -2.08. The third-order valence-electron chi connectivity index (χ3n) is 5.21. The van der Waals surface area contributed by atoms with E-state index in [2.05, 4.69) is 10.3 Å². The van der Waals surface area contributed by atoms with E-state index in [1.54, 1.807) is 6.26 Å². The maximum atomic E-state index is 12.7. The average molecular weight is 425 g/mol. The molecule has 0 spiro atoms. The van der Waals surface area contributed by atoms with E-state index >= 15 is 0 Å². The van der Waals surface area contributed by atoms with Crippen molar-refractivity contribution in [1.29, 1.82) is 0 Å². The fourth-order valence-corrected chi connectivity index (χ4v) is 3.75. The third kappa shape index (κ3) is 4.10. The third-order valence-corrected chi connectivity index (χ3v) is 5.21. The number of aliphatic imine (C=N–C) groups is 1. The molecule has 1 amide bonds. The smallest absolute Gasteiger partial charge is 0.230 e. The molecule has 160 valence electrons. The van der Waals surface area contributed by atoms with Crippen LogP contribution in [0.25, 0.3) is 17.1 Å². The summed E-state index contributed by atoms with van der Waals surface area (Å²) in [5.74, 6) is 0.459. The summed E-state index contributed by atoms with van der Waals surface area (Å²) in [5, 5.41) is 2.99. The first kappa shape index (κ1) is 20.0. The fraction of sp³-hybridized carbons (Fsp3) is 0.160. The number of benzene rings is 2. The molecule has 2 aromatic carbocycles. The van der Waals surface area contributed by atoms with E-state index in [1.807, 2.05) is 90.6 Å². The van der Waals surface area contributed by atoms with Crippen molar-refractivity contribution in [1.82, 2.24) is 14.5 Å². The van der Waals surface area contributed by atoms with Gasteiger partial charge in [0.25, 0.3) is 0 Å². The predicted octanol–water partition coefficient (Wildman–Crippen LogP) is 4.66. The highest BCUT2D eigenvalue weighted by atomic mass is 16.3. The molecular weight excluding hydrogens is 402 g/mol. The number of rotatable bonds is 5. The summed E-state index contributed by atoms with van der Waals surface area (Å²) in [7, 11) is 3.98. The number of fused-ring (bicyclic) bond motifs is 1. The number of carbonyl (C=O) groups excluding carboxylic acids is 1. The molecule has 0 saturated carbocycles. The number of anilines is 1. The van der Waals surface area contributed by atoms with Gasteiger partial charge in [0.05, 0.1) is 29.2 Å². The Bertz CT molecular complexity index is 1300. The molecule has 4 aromatic rings. The Balaban J connectivity index is 1.49. The molecule has 0 bridgehead atoms. The number of hydrogen-bond acceptors (Lipinski definition) is 5. The number of hydrogen-bond donors (Lipinski definition) is 1. The molecule has 2 aromatic heterocycles. The number of carbonyl (C=O) groups is 1. The molecule has 0 saturated heterocycles. The molecule has 0 fully saturated rings. The highest BCUT2D eigenvalue weighted by Crippen LogP contribution is 2.32. The van der Waals surface area contributed by atoms with Crippen LogP contribution < -0.4 is 5.32 Å². The first-order valence-corrected chi connectivity index (χ1v) is 10.4. The Hall–Kier alpha value is -3.97. The second-order valence-electron chi connectivity index (χ2n) is 8.04. The van der Waals surface area contributed by atoms with Gasteiger partial charge in [0, 0.05) is 30.2 Å². The molecule has 3 heterocycles. The zero-order valence-corrected chi connectivity index (χ0v) is 17.9. The first-order chi connectivity index (χ1) is 15.5. The van der Waals surface area contributed by atoms with Crippen molar-refractivity contribution < 1.29 is 9.21 Å². The summed E-state index contributed by atoms with van der Waals surface area (Å²) >= 11 is 0. The van der Waals surface area contributed by atoms with E-state index in [0.717, 1.165) is 28.2 Å². The largest absolute Gasteiger partial charge is 0.444 e. The summed E-state index contributed by atoms with van der Waals surface area (Å²) in [5.41, 5.74) is 5.69. The van der Waals surface area contributed by atoms with Crippen LogP contribution in [0.4, 0.5) is 11.4 Å². The monoisotopic (exact) mass is 425 g/mol. The van der Waals surface area contributed by atoms with Gasteiger partial charge in [0.1, 0.15) is 6.26 Å². The zero-order chi connectivity index (χ0) is 22.1. The molecule has 7 heteroatoms. The second-order valence-corrected chi connectivity index (χ2v) is 8.04. The Morgan fingerprint density at radius 2 is 1.88 bits per heavy atom. The first-order valence-electron chi connectivity index (χ1n) is 10.4. The standard InChI is InChI=1S/C25H23N5O2/c1-29(2)15-19-16-32-25(26-19)18-7-5-6-17(12-18)22-14-24(31)28-23-13-20(8-9-21(23)27-22)30-10-3-4-11-30/h3-13,16H,14-15H2,1-2H3,(H,28,31). The van der Waals surface area contributed by atoms with E-state index in [0.29, 0.717) is 23.8 Å². The Kier molecular flexibility index (Phi) is 5.17. The highest BCUT2D eigenvalue weighted by Gasteiger charge is 2.19. The molecule has 32 heavy (non-hydrogen) atoms. The molecule has 1 aliphatic rings.